The van der Waals surface area contributed by atoms with Gasteiger partial charge in [0.25, 0.3) is 0 Å². The number of benzene rings is 1. The lowest BCUT2D eigenvalue weighted by Gasteiger charge is -2.18. The molecule has 0 fully saturated rings. The standard InChI is InChI=1S/C19H22F2N4O2S/c1-10-13(11(2)24-19(23-10)28-4)6-8-16(26)25-17(18(27)22-3)12-5-7-14(20)15(21)9-12/h5,7,9,17H,6,8H2,1-4H3,(H,22,27)(H,25,26). The maximum atomic E-state index is 13.5. The number of rotatable bonds is 7. The first-order valence-corrected chi connectivity index (χ1v) is 9.83. The number of aromatic nitrogens is 2. The van der Waals surface area contributed by atoms with Crippen LogP contribution in [0.25, 0.3) is 0 Å². The second-order valence-corrected chi connectivity index (χ2v) is 6.92. The van der Waals surface area contributed by atoms with Gasteiger partial charge in [-0.15, -0.1) is 0 Å². The Labute approximate surface area is 166 Å². The predicted octanol–water partition coefficient (Wildman–Crippen LogP) is 2.63. The molecule has 1 aromatic heterocycles. The maximum Gasteiger partial charge on any atom is 0.246 e. The van der Waals surface area contributed by atoms with Gasteiger partial charge in [0.1, 0.15) is 6.04 Å². The van der Waals surface area contributed by atoms with Gasteiger partial charge in [0.2, 0.25) is 11.8 Å². The Bertz CT molecular complexity index is 869. The van der Waals surface area contributed by atoms with Gasteiger partial charge in [0.15, 0.2) is 16.8 Å². The van der Waals surface area contributed by atoms with Gasteiger partial charge in [0.05, 0.1) is 0 Å². The molecule has 9 heteroatoms. The topological polar surface area (TPSA) is 84.0 Å². The summed E-state index contributed by atoms with van der Waals surface area (Å²) in [4.78, 5) is 33.3. The van der Waals surface area contributed by atoms with Gasteiger partial charge in [-0.25, -0.2) is 18.7 Å². The fourth-order valence-corrected chi connectivity index (χ4v) is 3.23. The molecule has 1 atom stereocenters. The van der Waals surface area contributed by atoms with Crippen molar-refractivity contribution in [2.75, 3.05) is 13.3 Å². The maximum absolute atomic E-state index is 13.5. The van der Waals surface area contributed by atoms with E-state index in [0.29, 0.717) is 11.6 Å². The van der Waals surface area contributed by atoms with Crippen LogP contribution >= 0.6 is 11.8 Å². The van der Waals surface area contributed by atoms with Crippen molar-refractivity contribution in [3.63, 3.8) is 0 Å². The molecular weight excluding hydrogens is 386 g/mol. The average Bonchev–Trinajstić information content (AvgIpc) is 2.66. The number of hydrogen-bond donors (Lipinski definition) is 2. The van der Waals surface area contributed by atoms with Crippen molar-refractivity contribution >= 4 is 23.6 Å². The number of aryl methyl sites for hydroxylation is 2. The van der Waals surface area contributed by atoms with Crippen molar-refractivity contribution in [3.05, 3.63) is 52.3 Å². The van der Waals surface area contributed by atoms with Gasteiger partial charge < -0.3 is 10.6 Å². The molecule has 0 bridgehead atoms. The number of halogens is 2. The Morgan fingerprint density at radius 3 is 2.32 bits per heavy atom. The lowest BCUT2D eigenvalue weighted by Crippen LogP contribution is -2.39. The number of hydrogen-bond acceptors (Lipinski definition) is 5. The number of nitrogens with zero attached hydrogens (tertiary/aromatic N) is 2. The molecule has 0 saturated carbocycles. The molecule has 0 aliphatic heterocycles. The lowest BCUT2D eigenvalue weighted by molar-refractivity contribution is -0.128. The molecule has 2 rings (SSSR count). The SMILES string of the molecule is CNC(=O)C(NC(=O)CCc1c(C)nc(SC)nc1C)c1ccc(F)c(F)c1. The zero-order valence-electron chi connectivity index (χ0n) is 16.1. The number of likely N-dealkylation sites (N-methyl/N-ethyl adjacent to an activating group) is 1. The van der Waals surface area contributed by atoms with Crippen molar-refractivity contribution in [1.29, 1.82) is 0 Å². The first kappa shape index (κ1) is 21.7. The third-order valence-corrected chi connectivity index (χ3v) is 4.82. The largest absolute Gasteiger partial charge is 0.357 e. The minimum Gasteiger partial charge on any atom is -0.357 e. The average molecular weight is 408 g/mol. The summed E-state index contributed by atoms with van der Waals surface area (Å²) in [6.07, 6.45) is 2.38. The molecule has 1 aromatic carbocycles. The van der Waals surface area contributed by atoms with E-state index in [2.05, 4.69) is 20.6 Å². The van der Waals surface area contributed by atoms with Crippen molar-refractivity contribution in [2.45, 2.75) is 37.9 Å². The van der Waals surface area contributed by atoms with Crippen molar-refractivity contribution in [2.24, 2.45) is 0 Å². The van der Waals surface area contributed by atoms with E-state index < -0.39 is 29.5 Å². The fourth-order valence-electron chi connectivity index (χ4n) is 2.77. The number of nitrogens with one attached hydrogen (secondary N) is 2. The Kier molecular flexibility index (Phi) is 7.45. The molecule has 2 N–H and O–H groups in total. The van der Waals surface area contributed by atoms with Crippen LogP contribution in [-0.2, 0) is 16.0 Å². The zero-order chi connectivity index (χ0) is 20.8. The zero-order valence-corrected chi connectivity index (χ0v) is 16.9. The van der Waals surface area contributed by atoms with Gasteiger partial charge in [-0.3, -0.25) is 9.59 Å². The normalized spacial score (nSPS) is 11.8. The summed E-state index contributed by atoms with van der Waals surface area (Å²) in [6, 6.07) is 1.97. The molecule has 2 aromatic rings. The monoisotopic (exact) mass is 408 g/mol. The smallest absolute Gasteiger partial charge is 0.246 e. The highest BCUT2D eigenvalue weighted by molar-refractivity contribution is 7.98. The Balaban J connectivity index is 2.12. The summed E-state index contributed by atoms with van der Waals surface area (Å²) in [5.41, 5.74) is 2.63. The Morgan fingerprint density at radius 1 is 1.14 bits per heavy atom. The van der Waals surface area contributed by atoms with Crippen LogP contribution in [0.3, 0.4) is 0 Å². The van der Waals surface area contributed by atoms with E-state index in [1.165, 1.54) is 24.9 Å². The number of carbonyl (C=O) groups excluding carboxylic acids is 2. The van der Waals surface area contributed by atoms with Gasteiger partial charge in [0, 0.05) is 24.9 Å². The highest BCUT2D eigenvalue weighted by Crippen LogP contribution is 2.19. The summed E-state index contributed by atoms with van der Waals surface area (Å²) >= 11 is 1.44. The van der Waals surface area contributed by atoms with Gasteiger partial charge in [-0.1, -0.05) is 17.8 Å². The first-order valence-electron chi connectivity index (χ1n) is 8.60. The van der Waals surface area contributed by atoms with E-state index in [1.54, 1.807) is 0 Å². The second-order valence-electron chi connectivity index (χ2n) is 6.15. The van der Waals surface area contributed by atoms with E-state index in [0.717, 1.165) is 29.1 Å². The molecule has 0 spiro atoms. The van der Waals surface area contributed by atoms with Crippen LogP contribution in [0.1, 0.15) is 35.0 Å². The van der Waals surface area contributed by atoms with Crippen LogP contribution in [0.2, 0.25) is 0 Å². The first-order chi connectivity index (χ1) is 13.3. The van der Waals surface area contributed by atoms with E-state index in [1.807, 2.05) is 20.1 Å². The summed E-state index contributed by atoms with van der Waals surface area (Å²) in [5.74, 6) is -3.03. The molecule has 28 heavy (non-hydrogen) atoms. The molecular formula is C19H22F2N4O2S. The van der Waals surface area contributed by atoms with Gasteiger partial charge in [-0.2, -0.15) is 0 Å². The number of carbonyl (C=O) groups is 2. The molecule has 0 radical (unpaired) electrons. The van der Waals surface area contributed by atoms with Crippen molar-refractivity contribution in [1.82, 2.24) is 20.6 Å². The van der Waals surface area contributed by atoms with Gasteiger partial charge in [-0.05, 0) is 49.8 Å². The van der Waals surface area contributed by atoms with Crippen LogP contribution in [0.5, 0.6) is 0 Å². The molecule has 1 unspecified atom stereocenters. The second kappa shape index (κ2) is 9.59. The molecule has 0 saturated heterocycles. The molecule has 150 valence electrons. The quantitative estimate of drug-likeness (QED) is 0.544. The molecule has 0 aliphatic rings. The third-order valence-electron chi connectivity index (χ3n) is 4.28. The minimum atomic E-state index is -1.12. The summed E-state index contributed by atoms with van der Waals surface area (Å²) in [5, 5.41) is 5.66. The van der Waals surface area contributed by atoms with Gasteiger partial charge >= 0.3 is 0 Å². The van der Waals surface area contributed by atoms with Crippen molar-refractivity contribution in [3.8, 4) is 0 Å². The lowest BCUT2D eigenvalue weighted by atomic mass is 10.0. The Morgan fingerprint density at radius 2 is 1.79 bits per heavy atom. The van der Waals surface area contributed by atoms with Crippen LogP contribution in [0, 0.1) is 25.5 Å². The molecule has 2 amide bonds. The van der Waals surface area contributed by atoms with E-state index in [9.17, 15) is 18.4 Å². The Hall–Kier alpha value is -2.55. The predicted molar refractivity (Wildman–Crippen MR) is 103 cm³/mol. The van der Waals surface area contributed by atoms with E-state index >= 15 is 0 Å². The van der Waals surface area contributed by atoms with Crippen LogP contribution < -0.4 is 10.6 Å². The molecule has 1 heterocycles. The van der Waals surface area contributed by atoms with Crippen LogP contribution in [0.15, 0.2) is 23.4 Å². The third kappa shape index (κ3) is 5.25. The molecule has 6 nitrogen and oxygen atoms in total. The summed E-state index contributed by atoms with van der Waals surface area (Å²) in [6.45, 7) is 3.71. The summed E-state index contributed by atoms with van der Waals surface area (Å²) in [7, 11) is 1.40. The number of amides is 2. The van der Waals surface area contributed by atoms with Crippen LogP contribution in [-0.4, -0.2) is 35.1 Å². The highest BCUT2D eigenvalue weighted by atomic mass is 32.2. The van der Waals surface area contributed by atoms with E-state index in [-0.39, 0.29) is 12.0 Å². The number of thioether (sulfide) groups is 1. The highest BCUT2D eigenvalue weighted by Gasteiger charge is 2.23. The fraction of sp³-hybridized carbons (Fsp3) is 0.368. The van der Waals surface area contributed by atoms with Crippen molar-refractivity contribution < 1.29 is 18.4 Å². The van der Waals surface area contributed by atoms with Crippen LogP contribution in [0.4, 0.5) is 8.78 Å². The van der Waals surface area contributed by atoms with E-state index in [4.69, 9.17) is 0 Å². The summed E-state index contributed by atoms with van der Waals surface area (Å²) < 4.78 is 26.7. The molecule has 0 aliphatic carbocycles. The minimum absolute atomic E-state index is 0.0980.